The Morgan fingerprint density at radius 1 is 1.16 bits per heavy atom. The van der Waals surface area contributed by atoms with Crippen molar-refractivity contribution in [1.82, 2.24) is 29.7 Å². The molecule has 3 aromatic rings. The molecule has 0 aromatic carbocycles. The van der Waals surface area contributed by atoms with Gasteiger partial charge in [-0.15, -0.1) is 0 Å². The fraction of sp³-hybridized carbons (Fsp3) is 0.478. The van der Waals surface area contributed by atoms with Gasteiger partial charge in [0.1, 0.15) is 17.2 Å². The van der Waals surface area contributed by atoms with Gasteiger partial charge in [0.05, 0.1) is 17.9 Å². The minimum Gasteiger partial charge on any atom is -0.368 e. The summed E-state index contributed by atoms with van der Waals surface area (Å²) < 4.78 is 2.07. The molecule has 1 fully saturated rings. The molecule has 9 heteroatoms. The predicted octanol–water partition coefficient (Wildman–Crippen LogP) is 2.65. The van der Waals surface area contributed by atoms with Crippen LogP contribution in [0.5, 0.6) is 0 Å². The van der Waals surface area contributed by atoms with Crippen LogP contribution in [0.4, 0.5) is 17.5 Å². The molecular weight excluding hydrogens is 404 g/mol. The van der Waals surface area contributed by atoms with Crippen molar-refractivity contribution in [3.8, 4) is 0 Å². The second-order valence-electron chi connectivity index (χ2n) is 9.18. The molecule has 168 valence electrons. The fourth-order valence-corrected chi connectivity index (χ4v) is 4.56. The van der Waals surface area contributed by atoms with Crippen LogP contribution in [0, 0.1) is 5.92 Å². The second kappa shape index (κ2) is 8.38. The minimum atomic E-state index is -0.0568. The zero-order valence-corrected chi connectivity index (χ0v) is 18.9. The van der Waals surface area contributed by atoms with Crippen LogP contribution in [0.15, 0.2) is 30.6 Å². The molecule has 1 saturated heterocycles. The SMILES string of the molecule is CC(C)C[C@@H]1CNC(=O)c2cc3cnc(Nc4ccc(N5CCN(C)CC5)cn4)nc3n21. The van der Waals surface area contributed by atoms with Crippen molar-refractivity contribution >= 4 is 34.4 Å². The number of hydrogen-bond donors (Lipinski definition) is 2. The van der Waals surface area contributed by atoms with E-state index in [1.54, 1.807) is 6.20 Å². The summed E-state index contributed by atoms with van der Waals surface area (Å²) in [5.74, 6) is 1.64. The van der Waals surface area contributed by atoms with E-state index in [-0.39, 0.29) is 11.9 Å². The standard InChI is InChI=1S/C23H30N8O/c1-15(2)10-18-14-25-22(32)19-11-16-12-26-23(28-21(16)31(18)19)27-20-5-4-17(13-24-20)30-8-6-29(3)7-9-30/h4-5,11-13,15,18H,6-10,14H2,1-3H3,(H,25,32)(H,24,26,27,28)/t18-/m1/s1. The van der Waals surface area contributed by atoms with Crippen LogP contribution in [0.25, 0.3) is 11.0 Å². The third-order valence-corrected chi connectivity index (χ3v) is 6.27. The fourth-order valence-electron chi connectivity index (χ4n) is 4.56. The number of nitrogens with one attached hydrogen (secondary N) is 2. The van der Waals surface area contributed by atoms with Crippen molar-refractivity contribution in [1.29, 1.82) is 0 Å². The number of fused-ring (bicyclic) bond motifs is 3. The highest BCUT2D eigenvalue weighted by molar-refractivity contribution is 5.98. The van der Waals surface area contributed by atoms with E-state index in [1.165, 1.54) is 0 Å². The molecule has 5 rings (SSSR count). The van der Waals surface area contributed by atoms with Gasteiger partial charge in [-0.3, -0.25) is 4.79 Å². The molecular formula is C23H30N8O. The molecule has 0 aliphatic carbocycles. The first-order valence-corrected chi connectivity index (χ1v) is 11.3. The van der Waals surface area contributed by atoms with Gasteiger partial charge in [-0.05, 0) is 37.6 Å². The van der Waals surface area contributed by atoms with Gasteiger partial charge in [-0.2, -0.15) is 4.98 Å². The maximum absolute atomic E-state index is 12.4. The third-order valence-electron chi connectivity index (χ3n) is 6.27. The predicted molar refractivity (Wildman–Crippen MR) is 126 cm³/mol. The smallest absolute Gasteiger partial charge is 0.268 e. The van der Waals surface area contributed by atoms with Crippen molar-refractivity contribution in [3.05, 3.63) is 36.3 Å². The number of piperazine rings is 1. The lowest BCUT2D eigenvalue weighted by Gasteiger charge is -2.33. The lowest BCUT2D eigenvalue weighted by atomic mass is 10.0. The third kappa shape index (κ3) is 4.00. The van der Waals surface area contributed by atoms with Crippen LogP contribution in [0.1, 0.15) is 36.8 Å². The Morgan fingerprint density at radius 3 is 2.69 bits per heavy atom. The summed E-state index contributed by atoms with van der Waals surface area (Å²) in [7, 11) is 2.15. The summed E-state index contributed by atoms with van der Waals surface area (Å²) in [5.41, 5.74) is 2.56. The van der Waals surface area contributed by atoms with Crippen LogP contribution in [0.3, 0.4) is 0 Å². The number of carbonyl (C=O) groups excluding carboxylic acids is 1. The van der Waals surface area contributed by atoms with E-state index < -0.39 is 0 Å². The van der Waals surface area contributed by atoms with Crippen molar-refractivity contribution in [2.75, 3.05) is 50.0 Å². The Kier molecular flexibility index (Phi) is 5.42. The Hall–Kier alpha value is -3.20. The summed E-state index contributed by atoms with van der Waals surface area (Å²) in [6.07, 6.45) is 4.64. The maximum atomic E-state index is 12.4. The number of rotatable bonds is 5. The van der Waals surface area contributed by atoms with Gasteiger partial charge >= 0.3 is 0 Å². The van der Waals surface area contributed by atoms with Gasteiger partial charge in [0.15, 0.2) is 0 Å². The lowest BCUT2D eigenvalue weighted by molar-refractivity contribution is 0.0912. The summed E-state index contributed by atoms with van der Waals surface area (Å²) in [5, 5.41) is 7.10. The van der Waals surface area contributed by atoms with E-state index in [2.05, 4.69) is 61.9 Å². The molecule has 3 aromatic heterocycles. The van der Waals surface area contributed by atoms with Crippen molar-refractivity contribution in [2.45, 2.75) is 26.3 Å². The molecule has 0 bridgehead atoms. The summed E-state index contributed by atoms with van der Waals surface area (Å²) in [6.45, 7) is 9.15. The normalized spacial score (nSPS) is 19.3. The van der Waals surface area contributed by atoms with Gasteiger partial charge in [0.2, 0.25) is 5.95 Å². The quantitative estimate of drug-likeness (QED) is 0.638. The first kappa shape index (κ1) is 20.7. The van der Waals surface area contributed by atoms with Gasteiger partial charge in [-0.1, -0.05) is 13.8 Å². The Bertz CT molecular complexity index is 1110. The molecule has 0 unspecified atom stereocenters. The molecule has 9 nitrogen and oxygen atoms in total. The second-order valence-corrected chi connectivity index (χ2v) is 9.18. The highest BCUT2D eigenvalue weighted by Crippen LogP contribution is 2.30. The Labute approximate surface area is 187 Å². The summed E-state index contributed by atoms with van der Waals surface area (Å²) in [4.78, 5) is 30.9. The molecule has 2 N–H and O–H groups in total. The number of pyridine rings is 1. The average Bonchev–Trinajstić information content (AvgIpc) is 3.17. The van der Waals surface area contributed by atoms with Gasteiger partial charge in [-0.25, -0.2) is 9.97 Å². The van der Waals surface area contributed by atoms with E-state index in [1.807, 2.05) is 18.3 Å². The van der Waals surface area contributed by atoms with Crippen molar-refractivity contribution in [2.24, 2.45) is 5.92 Å². The average molecular weight is 435 g/mol. The molecule has 1 atom stereocenters. The van der Waals surface area contributed by atoms with Crippen LogP contribution in [0.2, 0.25) is 0 Å². The molecule has 1 amide bonds. The summed E-state index contributed by atoms with van der Waals surface area (Å²) in [6, 6.07) is 6.11. The molecule has 2 aliphatic heterocycles. The molecule has 2 aliphatic rings. The van der Waals surface area contributed by atoms with Crippen LogP contribution in [-0.4, -0.2) is 70.1 Å². The largest absolute Gasteiger partial charge is 0.368 e. The number of hydrogen-bond acceptors (Lipinski definition) is 7. The van der Waals surface area contributed by atoms with E-state index in [9.17, 15) is 4.79 Å². The van der Waals surface area contributed by atoms with Crippen LogP contribution < -0.4 is 15.5 Å². The molecule has 0 spiro atoms. The molecule has 0 saturated carbocycles. The first-order chi connectivity index (χ1) is 15.5. The van der Waals surface area contributed by atoms with Crippen LogP contribution in [-0.2, 0) is 0 Å². The van der Waals surface area contributed by atoms with E-state index in [4.69, 9.17) is 4.98 Å². The van der Waals surface area contributed by atoms with Gasteiger partial charge in [0, 0.05) is 44.3 Å². The zero-order chi connectivity index (χ0) is 22.2. The number of nitrogens with zero attached hydrogens (tertiary/aromatic N) is 6. The number of anilines is 3. The lowest BCUT2D eigenvalue weighted by Crippen LogP contribution is -2.44. The number of likely N-dealkylation sites (N-methyl/N-ethyl adjacent to an activating group) is 1. The maximum Gasteiger partial charge on any atom is 0.268 e. The van der Waals surface area contributed by atoms with E-state index in [0.717, 1.165) is 49.3 Å². The van der Waals surface area contributed by atoms with Gasteiger partial charge < -0.3 is 25.0 Å². The van der Waals surface area contributed by atoms with Crippen molar-refractivity contribution in [3.63, 3.8) is 0 Å². The zero-order valence-electron chi connectivity index (χ0n) is 18.9. The number of carbonyl (C=O) groups is 1. The molecule has 32 heavy (non-hydrogen) atoms. The van der Waals surface area contributed by atoms with Crippen LogP contribution >= 0.6 is 0 Å². The number of aromatic nitrogens is 4. The molecule has 0 radical (unpaired) electrons. The van der Waals surface area contributed by atoms with E-state index >= 15 is 0 Å². The summed E-state index contributed by atoms with van der Waals surface area (Å²) >= 11 is 0. The topological polar surface area (TPSA) is 91.2 Å². The highest BCUT2D eigenvalue weighted by Gasteiger charge is 2.28. The monoisotopic (exact) mass is 434 g/mol. The van der Waals surface area contributed by atoms with Crippen molar-refractivity contribution < 1.29 is 4.79 Å². The highest BCUT2D eigenvalue weighted by atomic mass is 16.2. The first-order valence-electron chi connectivity index (χ1n) is 11.3. The Balaban J connectivity index is 1.39. The van der Waals surface area contributed by atoms with Gasteiger partial charge in [0.25, 0.3) is 5.91 Å². The van der Waals surface area contributed by atoms with E-state index in [0.29, 0.717) is 29.9 Å². The molecule has 5 heterocycles. The Morgan fingerprint density at radius 2 is 1.97 bits per heavy atom. The number of amides is 1. The minimum absolute atomic E-state index is 0.0568.